The Balaban J connectivity index is 3.25. The molecule has 0 aromatic carbocycles. The normalized spacial score (nSPS) is 24.7. The zero-order valence-electron chi connectivity index (χ0n) is 22.8. The third kappa shape index (κ3) is 11.6. The summed E-state index contributed by atoms with van der Waals surface area (Å²) in [4.78, 5) is 11.8. The van der Waals surface area contributed by atoms with Crippen LogP contribution in [0, 0.1) is 0 Å². The molecule has 0 spiro atoms. The average Bonchev–Trinajstić information content (AvgIpc) is 2.85. The zero-order valence-corrected chi connectivity index (χ0v) is 22.8. The van der Waals surface area contributed by atoms with E-state index in [1.54, 1.807) is 6.92 Å². The van der Waals surface area contributed by atoms with Gasteiger partial charge in [-0.3, -0.25) is 4.79 Å². The largest absolute Gasteiger partial charge is 0.466 e. The van der Waals surface area contributed by atoms with E-state index >= 15 is 8.78 Å². The molecule has 5 atom stereocenters. The van der Waals surface area contributed by atoms with Crippen LogP contribution < -0.4 is 0 Å². The van der Waals surface area contributed by atoms with Gasteiger partial charge in [0.2, 0.25) is 0 Å². The minimum atomic E-state index is -3.40. The molecular formula is C26H48F2O8. The lowest BCUT2D eigenvalue weighted by atomic mass is 9.89. The van der Waals surface area contributed by atoms with Gasteiger partial charge in [-0.25, -0.2) is 8.78 Å². The van der Waals surface area contributed by atoms with Crippen molar-refractivity contribution in [1.82, 2.24) is 0 Å². The van der Waals surface area contributed by atoms with Crippen LogP contribution in [0.25, 0.3) is 0 Å². The Kier molecular flexibility index (Phi) is 17.7. The highest BCUT2D eigenvalue weighted by atomic mass is 19.3. The average molecular weight is 527 g/mol. The predicted octanol–water partition coefficient (Wildman–Crippen LogP) is 4.91. The van der Waals surface area contributed by atoms with E-state index in [0.717, 1.165) is 38.5 Å². The van der Waals surface area contributed by atoms with Gasteiger partial charge < -0.3 is 33.2 Å². The van der Waals surface area contributed by atoms with E-state index in [0.29, 0.717) is 19.8 Å². The molecule has 214 valence electrons. The van der Waals surface area contributed by atoms with Crippen LogP contribution >= 0.6 is 0 Å². The molecule has 1 saturated heterocycles. The van der Waals surface area contributed by atoms with Crippen LogP contribution in [0.15, 0.2) is 0 Å². The summed E-state index contributed by atoms with van der Waals surface area (Å²) >= 11 is 0. The zero-order chi connectivity index (χ0) is 26.8. The van der Waals surface area contributed by atoms with Gasteiger partial charge in [0, 0.05) is 33.4 Å². The Hall–Kier alpha value is -0.910. The number of halogens is 2. The molecule has 0 N–H and O–H groups in total. The number of methoxy groups -OCH3 is 1. The smallest absolute Gasteiger partial charge is 0.305 e. The number of carbonyl (C=O) groups is 1. The van der Waals surface area contributed by atoms with Crippen LogP contribution in [0.4, 0.5) is 8.78 Å². The highest BCUT2D eigenvalue weighted by Crippen LogP contribution is 2.39. The number of hydrogen-bond acceptors (Lipinski definition) is 8. The number of carbonyl (C=O) groups excluding carboxylic acids is 1. The Bertz CT molecular complexity index is 566. The molecule has 0 aromatic heterocycles. The van der Waals surface area contributed by atoms with Crippen LogP contribution in [0.5, 0.6) is 0 Å². The topological polar surface area (TPSA) is 81.7 Å². The van der Waals surface area contributed by atoms with Crippen molar-refractivity contribution < 1.29 is 46.7 Å². The van der Waals surface area contributed by atoms with Gasteiger partial charge in [-0.2, -0.15) is 0 Å². The first-order valence-electron chi connectivity index (χ1n) is 13.5. The molecule has 1 fully saturated rings. The Morgan fingerprint density at radius 2 is 1.47 bits per heavy atom. The summed E-state index contributed by atoms with van der Waals surface area (Å²) in [5.41, 5.74) is 0. The number of unbranched alkanes of at least 4 members (excludes halogenated alkanes) is 3. The monoisotopic (exact) mass is 526 g/mol. The summed E-state index contributed by atoms with van der Waals surface area (Å²) in [6.45, 7) is 9.05. The highest BCUT2D eigenvalue weighted by molar-refractivity contribution is 5.69. The predicted molar refractivity (Wildman–Crippen MR) is 131 cm³/mol. The quantitative estimate of drug-likeness (QED) is 0.119. The second-order valence-electron chi connectivity index (χ2n) is 9.01. The third-order valence-electron chi connectivity index (χ3n) is 5.94. The molecular weight excluding hydrogens is 478 g/mol. The van der Waals surface area contributed by atoms with Crippen molar-refractivity contribution in [1.29, 1.82) is 0 Å². The number of ether oxygens (including phenoxy) is 7. The van der Waals surface area contributed by atoms with E-state index in [-0.39, 0.29) is 20.0 Å². The first kappa shape index (κ1) is 33.1. The lowest BCUT2D eigenvalue weighted by Crippen LogP contribution is -2.65. The number of esters is 1. The van der Waals surface area contributed by atoms with Crippen molar-refractivity contribution in [2.75, 3.05) is 46.9 Å². The van der Waals surface area contributed by atoms with Crippen molar-refractivity contribution in [2.24, 2.45) is 0 Å². The van der Waals surface area contributed by atoms with Gasteiger partial charge in [0.05, 0.1) is 19.6 Å². The summed E-state index contributed by atoms with van der Waals surface area (Å²) in [7, 11) is 1.42. The summed E-state index contributed by atoms with van der Waals surface area (Å²) in [5, 5.41) is 0. The summed E-state index contributed by atoms with van der Waals surface area (Å²) < 4.78 is 71.0. The molecule has 0 saturated carbocycles. The second kappa shape index (κ2) is 19.2. The fourth-order valence-corrected chi connectivity index (χ4v) is 3.93. The molecule has 0 bridgehead atoms. The van der Waals surface area contributed by atoms with Gasteiger partial charge in [-0.15, -0.1) is 0 Å². The van der Waals surface area contributed by atoms with Crippen molar-refractivity contribution in [3.05, 3.63) is 0 Å². The maximum atomic E-state index is 15.6. The molecule has 0 unspecified atom stereocenters. The van der Waals surface area contributed by atoms with Gasteiger partial charge >= 0.3 is 5.97 Å². The number of hydrogen-bond donors (Lipinski definition) is 0. The van der Waals surface area contributed by atoms with E-state index in [4.69, 9.17) is 33.2 Å². The maximum Gasteiger partial charge on any atom is 0.305 e. The van der Waals surface area contributed by atoms with Gasteiger partial charge in [0.1, 0.15) is 31.2 Å². The van der Waals surface area contributed by atoms with Crippen molar-refractivity contribution in [3.63, 3.8) is 0 Å². The lowest BCUT2D eigenvalue weighted by Gasteiger charge is -2.48. The van der Waals surface area contributed by atoms with Crippen molar-refractivity contribution in [2.45, 2.75) is 116 Å². The van der Waals surface area contributed by atoms with Gasteiger partial charge in [0.25, 0.3) is 5.92 Å². The van der Waals surface area contributed by atoms with Gasteiger partial charge in [-0.1, -0.05) is 40.0 Å². The summed E-state index contributed by atoms with van der Waals surface area (Å²) in [6.07, 6.45) is -1.12. The van der Waals surface area contributed by atoms with Crippen molar-refractivity contribution >= 4 is 5.97 Å². The Labute approximate surface area is 215 Å². The van der Waals surface area contributed by atoms with Crippen LogP contribution in [0.2, 0.25) is 0 Å². The molecule has 1 heterocycles. The Morgan fingerprint density at radius 3 is 2.06 bits per heavy atom. The first-order valence-corrected chi connectivity index (χ1v) is 13.5. The summed E-state index contributed by atoms with van der Waals surface area (Å²) in [5.74, 6) is -4.08. The van der Waals surface area contributed by atoms with Crippen molar-refractivity contribution in [3.8, 4) is 0 Å². The molecule has 0 radical (unpaired) electrons. The fraction of sp³-hybridized carbons (Fsp3) is 0.962. The van der Waals surface area contributed by atoms with Crippen LogP contribution in [-0.2, 0) is 38.0 Å². The molecule has 8 nitrogen and oxygen atoms in total. The van der Waals surface area contributed by atoms with E-state index in [1.165, 1.54) is 7.11 Å². The van der Waals surface area contributed by atoms with Gasteiger partial charge in [-0.05, 0) is 26.2 Å². The molecule has 1 aliphatic rings. The molecule has 1 aliphatic heterocycles. The van der Waals surface area contributed by atoms with Crippen LogP contribution in [0.1, 0.15) is 79.1 Å². The van der Waals surface area contributed by atoms with E-state index in [9.17, 15) is 4.79 Å². The first-order chi connectivity index (χ1) is 17.4. The summed E-state index contributed by atoms with van der Waals surface area (Å²) in [6, 6.07) is 0. The second-order valence-corrected chi connectivity index (χ2v) is 9.01. The molecule has 10 heteroatoms. The molecule has 0 aromatic rings. The Morgan fingerprint density at radius 1 is 0.861 bits per heavy atom. The fourth-order valence-electron chi connectivity index (χ4n) is 3.93. The van der Waals surface area contributed by atoms with E-state index in [1.807, 2.05) is 20.8 Å². The molecule has 36 heavy (non-hydrogen) atoms. The maximum absolute atomic E-state index is 15.6. The van der Waals surface area contributed by atoms with E-state index in [2.05, 4.69) is 0 Å². The van der Waals surface area contributed by atoms with E-state index < -0.39 is 55.3 Å². The van der Waals surface area contributed by atoms with Gasteiger partial charge in [0.15, 0.2) is 6.10 Å². The molecule has 0 aliphatic carbocycles. The third-order valence-corrected chi connectivity index (χ3v) is 5.94. The lowest BCUT2D eigenvalue weighted by molar-refractivity contribution is -0.313. The van der Waals surface area contributed by atoms with Crippen LogP contribution in [0.3, 0.4) is 0 Å². The number of alkyl halides is 2. The van der Waals surface area contributed by atoms with Crippen LogP contribution in [-0.4, -0.2) is 89.3 Å². The SMILES string of the molecule is CCCCOC[C@H]1O[C@H](C(F)(F)CCC(=O)OCC)[C@H](OCOC)[C@@H](OCCCC)[C@H]1OCCCC. The standard InChI is InChI=1S/C26H48F2O8/c1-6-10-15-31-18-20-22(33-16-11-7-2)23(34-17-12-8-3)24(35-19-30-5)25(36-20)26(27,28)14-13-21(29)32-9-4/h20,22-25H,6-19H2,1-5H3/t20-,22+,23+,24-,25+/m1/s1. The number of rotatable bonds is 21. The molecule has 1 rings (SSSR count). The molecule has 0 amide bonds. The minimum absolute atomic E-state index is 0.0892. The highest BCUT2D eigenvalue weighted by Gasteiger charge is 2.57. The minimum Gasteiger partial charge on any atom is -0.466 e.